The highest BCUT2D eigenvalue weighted by molar-refractivity contribution is 5.57. The fourth-order valence-electron chi connectivity index (χ4n) is 2.30. The van der Waals surface area contributed by atoms with Gasteiger partial charge in [-0.05, 0) is 25.5 Å². The van der Waals surface area contributed by atoms with Crippen LogP contribution in [0.1, 0.15) is 12.8 Å². The molecule has 0 aromatic carbocycles. The minimum absolute atomic E-state index is 0.415. The summed E-state index contributed by atoms with van der Waals surface area (Å²) in [5, 5.41) is 10.9. The zero-order chi connectivity index (χ0) is 13.1. The first kappa shape index (κ1) is 12.1. The van der Waals surface area contributed by atoms with Gasteiger partial charge >= 0.3 is 0 Å². The van der Waals surface area contributed by atoms with E-state index in [1.807, 2.05) is 25.5 Å². The Kier molecular flexibility index (Phi) is 3.41. The lowest BCUT2D eigenvalue weighted by Crippen LogP contribution is -2.38. The Bertz CT molecular complexity index is 544. The second-order valence-corrected chi connectivity index (χ2v) is 4.86. The first-order valence-corrected chi connectivity index (χ1v) is 6.60. The second-order valence-electron chi connectivity index (χ2n) is 4.86. The molecule has 0 amide bonds. The van der Waals surface area contributed by atoms with Crippen LogP contribution in [0.25, 0.3) is 11.3 Å². The van der Waals surface area contributed by atoms with Gasteiger partial charge in [0.15, 0.2) is 0 Å². The van der Waals surface area contributed by atoms with Crippen LogP contribution in [0.3, 0.4) is 0 Å². The molecule has 2 N–H and O–H groups in total. The summed E-state index contributed by atoms with van der Waals surface area (Å²) in [6.45, 7) is 2.08. The van der Waals surface area contributed by atoms with E-state index in [1.165, 1.54) is 6.42 Å². The van der Waals surface area contributed by atoms with Crippen LogP contribution in [0.4, 0.5) is 5.95 Å². The van der Waals surface area contributed by atoms with Gasteiger partial charge in [0.05, 0.1) is 11.9 Å². The maximum atomic E-state index is 4.55. The molecule has 2 aromatic rings. The van der Waals surface area contributed by atoms with E-state index < -0.39 is 0 Å². The van der Waals surface area contributed by atoms with Crippen LogP contribution < -0.4 is 10.6 Å². The van der Waals surface area contributed by atoms with Crippen molar-refractivity contribution in [3.8, 4) is 11.3 Å². The van der Waals surface area contributed by atoms with E-state index in [9.17, 15) is 0 Å². The zero-order valence-electron chi connectivity index (χ0n) is 11.0. The fourth-order valence-corrected chi connectivity index (χ4v) is 2.30. The lowest BCUT2D eigenvalue weighted by Gasteiger charge is -2.23. The van der Waals surface area contributed by atoms with E-state index in [0.717, 1.165) is 30.8 Å². The molecule has 6 heteroatoms. The fraction of sp³-hybridized carbons (Fsp3) is 0.462. The zero-order valence-corrected chi connectivity index (χ0v) is 11.0. The molecule has 1 saturated heterocycles. The van der Waals surface area contributed by atoms with Crippen molar-refractivity contribution in [3.05, 3.63) is 24.7 Å². The molecule has 1 aliphatic heterocycles. The van der Waals surface area contributed by atoms with Gasteiger partial charge in [0.25, 0.3) is 0 Å². The molecule has 100 valence electrons. The number of hydrogen-bond donors (Lipinski definition) is 2. The predicted molar refractivity (Wildman–Crippen MR) is 73.7 cm³/mol. The van der Waals surface area contributed by atoms with Gasteiger partial charge in [-0.1, -0.05) is 0 Å². The summed E-state index contributed by atoms with van der Waals surface area (Å²) >= 11 is 0. The van der Waals surface area contributed by atoms with Gasteiger partial charge in [-0.2, -0.15) is 5.10 Å². The van der Waals surface area contributed by atoms with Gasteiger partial charge in [-0.3, -0.25) is 4.68 Å². The highest BCUT2D eigenvalue weighted by Crippen LogP contribution is 2.17. The molecule has 1 atom stereocenters. The Morgan fingerprint density at radius 1 is 1.47 bits per heavy atom. The maximum Gasteiger partial charge on any atom is 0.223 e. The largest absolute Gasteiger partial charge is 0.350 e. The number of aryl methyl sites for hydroxylation is 1. The lowest BCUT2D eigenvalue weighted by molar-refractivity contribution is 0.478. The topological polar surface area (TPSA) is 67.7 Å². The van der Waals surface area contributed by atoms with Gasteiger partial charge in [-0.15, -0.1) is 0 Å². The van der Waals surface area contributed by atoms with Crippen LogP contribution >= 0.6 is 0 Å². The van der Waals surface area contributed by atoms with Crippen molar-refractivity contribution in [2.24, 2.45) is 7.05 Å². The van der Waals surface area contributed by atoms with Crippen molar-refractivity contribution in [2.45, 2.75) is 18.9 Å². The van der Waals surface area contributed by atoms with Gasteiger partial charge in [0, 0.05) is 37.6 Å². The highest BCUT2D eigenvalue weighted by atomic mass is 15.2. The Hall–Kier alpha value is -1.95. The number of piperidine rings is 1. The van der Waals surface area contributed by atoms with Crippen molar-refractivity contribution in [2.75, 3.05) is 18.4 Å². The van der Waals surface area contributed by atoms with Crippen molar-refractivity contribution in [1.29, 1.82) is 0 Å². The molecule has 1 unspecified atom stereocenters. The summed E-state index contributed by atoms with van der Waals surface area (Å²) in [5.41, 5.74) is 1.91. The molecule has 0 bridgehead atoms. The molecule has 1 fully saturated rings. The standard InChI is InChI=1S/C13H18N6/c1-19-9-10(7-16-19)12-4-6-15-13(18-12)17-11-3-2-5-14-8-11/h4,6-7,9,11,14H,2-3,5,8H2,1H3,(H,15,17,18). The van der Waals surface area contributed by atoms with Gasteiger partial charge in [0.2, 0.25) is 5.95 Å². The minimum atomic E-state index is 0.415. The van der Waals surface area contributed by atoms with E-state index in [0.29, 0.717) is 12.0 Å². The molecule has 19 heavy (non-hydrogen) atoms. The van der Waals surface area contributed by atoms with Crippen molar-refractivity contribution in [3.63, 3.8) is 0 Å². The maximum absolute atomic E-state index is 4.55. The monoisotopic (exact) mass is 258 g/mol. The molecule has 3 rings (SSSR count). The Labute approximate surface area is 112 Å². The van der Waals surface area contributed by atoms with Gasteiger partial charge in [-0.25, -0.2) is 9.97 Å². The number of rotatable bonds is 3. The summed E-state index contributed by atoms with van der Waals surface area (Å²) in [6, 6.07) is 2.32. The minimum Gasteiger partial charge on any atom is -0.350 e. The molecule has 2 aromatic heterocycles. The molecule has 0 spiro atoms. The molecule has 1 aliphatic rings. The molecule has 6 nitrogen and oxygen atoms in total. The molecule has 0 aliphatic carbocycles. The first-order valence-electron chi connectivity index (χ1n) is 6.60. The number of anilines is 1. The molecule has 0 saturated carbocycles. The average Bonchev–Trinajstić information content (AvgIpc) is 2.87. The Morgan fingerprint density at radius 2 is 2.42 bits per heavy atom. The van der Waals surface area contributed by atoms with Crippen LogP contribution in [0, 0.1) is 0 Å². The van der Waals surface area contributed by atoms with Crippen LogP contribution in [-0.4, -0.2) is 38.9 Å². The summed E-state index contributed by atoms with van der Waals surface area (Å²) in [5.74, 6) is 0.690. The van der Waals surface area contributed by atoms with Crippen LogP contribution in [0.2, 0.25) is 0 Å². The highest BCUT2D eigenvalue weighted by Gasteiger charge is 2.14. The van der Waals surface area contributed by atoms with Crippen LogP contribution in [0.5, 0.6) is 0 Å². The number of hydrogen-bond acceptors (Lipinski definition) is 5. The van der Waals surface area contributed by atoms with Gasteiger partial charge in [0.1, 0.15) is 0 Å². The second kappa shape index (κ2) is 5.36. The van der Waals surface area contributed by atoms with Crippen LogP contribution in [0.15, 0.2) is 24.7 Å². The number of nitrogens with zero attached hydrogens (tertiary/aromatic N) is 4. The summed E-state index contributed by atoms with van der Waals surface area (Å²) in [7, 11) is 1.90. The Balaban J connectivity index is 1.75. The van der Waals surface area contributed by atoms with Crippen molar-refractivity contribution < 1.29 is 0 Å². The molecule has 3 heterocycles. The predicted octanol–water partition coefficient (Wildman–Crippen LogP) is 1.04. The van der Waals surface area contributed by atoms with E-state index in [4.69, 9.17) is 0 Å². The lowest BCUT2D eigenvalue weighted by atomic mass is 10.1. The normalized spacial score (nSPS) is 19.3. The summed E-state index contributed by atoms with van der Waals surface area (Å²) < 4.78 is 1.77. The first-order chi connectivity index (χ1) is 9.31. The summed E-state index contributed by atoms with van der Waals surface area (Å²) in [6.07, 6.45) is 7.91. The smallest absolute Gasteiger partial charge is 0.223 e. The van der Waals surface area contributed by atoms with E-state index in [-0.39, 0.29) is 0 Å². The third kappa shape index (κ3) is 2.90. The Morgan fingerprint density at radius 3 is 3.16 bits per heavy atom. The van der Waals surface area contributed by atoms with E-state index in [2.05, 4.69) is 25.7 Å². The van der Waals surface area contributed by atoms with E-state index >= 15 is 0 Å². The van der Waals surface area contributed by atoms with Crippen molar-refractivity contribution >= 4 is 5.95 Å². The van der Waals surface area contributed by atoms with Gasteiger partial charge < -0.3 is 10.6 Å². The average molecular weight is 258 g/mol. The third-order valence-corrected chi connectivity index (χ3v) is 3.29. The SMILES string of the molecule is Cn1cc(-c2ccnc(NC3CCCNC3)n2)cn1. The molecule has 0 radical (unpaired) electrons. The number of nitrogens with one attached hydrogen (secondary N) is 2. The van der Waals surface area contributed by atoms with Crippen molar-refractivity contribution in [1.82, 2.24) is 25.1 Å². The summed E-state index contributed by atoms with van der Waals surface area (Å²) in [4.78, 5) is 8.84. The van der Waals surface area contributed by atoms with E-state index in [1.54, 1.807) is 10.9 Å². The number of aromatic nitrogens is 4. The molecular formula is C13H18N6. The molecular weight excluding hydrogens is 240 g/mol. The third-order valence-electron chi connectivity index (χ3n) is 3.29. The quantitative estimate of drug-likeness (QED) is 0.861. The van der Waals surface area contributed by atoms with Crippen LogP contribution in [-0.2, 0) is 7.05 Å².